The van der Waals surface area contributed by atoms with E-state index in [-0.39, 0.29) is 42.6 Å². The van der Waals surface area contributed by atoms with Crippen LogP contribution < -0.4 is 20.0 Å². The maximum absolute atomic E-state index is 14.2. The number of amides is 3. The third-order valence-corrected chi connectivity index (χ3v) is 13.1. The number of carbonyl (C=O) groups excluding carboxylic acids is 2. The van der Waals surface area contributed by atoms with Crippen LogP contribution >= 0.6 is 22.7 Å². The molecule has 5 aromatic heterocycles. The van der Waals surface area contributed by atoms with Crippen molar-refractivity contribution in [3.63, 3.8) is 0 Å². The Kier molecular flexibility index (Phi) is 10.8. The van der Waals surface area contributed by atoms with Gasteiger partial charge in [-0.2, -0.15) is 0 Å². The Balaban J connectivity index is 0.844. The monoisotopic (exact) mass is 857 g/mol. The number of aromatic hydroxyl groups is 1. The lowest BCUT2D eigenvalue weighted by Crippen LogP contribution is -2.53. The number of hydrogen-bond donors (Lipinski definition) is 3. The van der Waals surface area contributed by atoms with E-state index in [4.69, 9.17) is 4.52 Å². The van der Waals surface area contributed by atoms with Crippen molar-refractivity contribution in [2.75, 3.05) is 41.0 Å². The maximum Gasteiger partial charge on any atom is 0.327 e. The van der Waals surface area contributed by atoms with E-state index in [1.165, 1.54) is 9.80 Å². The fraction of sp³-hybridized carbons (Fsp3) is 0.302. The highest BCUT2D eigenvalue weighted by Gasteiger charge is 2.42. The first-order valence-corrected chi connectivity index (χ1v) is 21.6. The number of aromatic nitrogens is 6. The van der Waals surface area contributed by atoms with Gasteiger partial charge in [0.25, 0.3) is 0 Å². The average molecular weight is 858 g/mol. The van der Waals surface area contributed by atoms with Gasteiger partial charge in [0, 0.05) is 67.8 Å². The second-order valence-electron chi connectivity index (χ2n) is 15.5. The molecule has 2 fully saturated rings. The number of carbonyl (C=O) groups is 2. The van der Waals surface area contributed by atoms with Crippen molar-refractivity contribution in [1.82, 2.24) is 40.5 Å². The van der Waals surface area contributed by atoms with Gasteiger partial charge in [0.05, 0.1) is 50.3 Å². The molecule has 3 atom stereocenters. The van der Waals surface area contributed by atoms with Crippen LogP contribution in [0.1, 0.15) is 44.5 Å². The Labute approximate surface area is 359 Å². The zero-order valence-corrected chi connectivity index (χ0v) is 35.5. The number of aliphatic hydroxyl groups excluding tert-OH is 1. The minimum absolute atomic E-state index is 0.000768. The molecule has 9 rings (SSSR count). The second kappa shape index (κ2) is 16.5. The van der Waals surface area contributed by atoms with Gasteiger partial charge < -0.3 is 34.8 Å². The first-order valence-electron chi connectivity index (χ1n) is 19.9. The molecular formula is C43H43N11O5S2. The second-order valence-corrected chi connectivity index (χ2v) is 17.4. The molecule has 0 bridgehead atoms. The smallest absolute Gasteiger partial charge is 0.327 e. The van der Waals surface area contributed by atoms with Crippen LogP contribution in [0, 0.1) is 6.92 Å². The number of fused-ring (bicyclic) bond motifs is 1. The lowest BCUT2D eigenvalue weighted by molar-refractivity contribution is -0.125. The van der Waals surface area contributed by atoms with E-state index < -0.39 is 18.2 Å². The Morgan fingerprint density at radius 3 is 2.44 bits per heavy atom. The summed E-state index contributed by atoms with van der Waals surface area (Å²) in [5, 5.41) is 38.1. The minimum Gasteiger partial charge on any atom is -0.507 e. The van der Waals surface area contributed by atoms with Crippen molar-refractivity contribution in [2.45, 2.75) is 58.3 Å². The molecule has 2 aromatic carbocycles. The zero-order valence-electron chi connectivity index (χ0n) is 33.8. The highest BCUT2D eigenvalue weighted by atomic mass is 32.1. The molecule has 7 heterocycles. The fourth-order valence-corrected chi connectivity index (χ4v) is 9.60. The summed E-state index contributed by atoms with van der Waals surface area (Å²) in [5.41, 5.74) is 7.86. The summed E-state index contributed by atoms with van der Waals surface area (Å²) in [5.74, 6) is 0.567. The van der Waals surface area contributed by atoms with Crippen molar-refractivity contribution in [3.05, 3.63) is 95.9 Å². The van der Waals surface area contributed by atoms with Crippen LogP contribution in [0.25, 0.3) is 43.2 Å². The number of urea groups is 1. The Morgan fingerprint density at radius 1 is 0.934 bits per heavy atom. The summed E-state index contributed by atoms with van der Waals surface area (Å²) in [7, 11) is 0. The number of β-amino-alcohol motifs (C(OH)–C–C–N with tert-alkyl or cyclic N) is 1. The molecule has 18 heteroatoms. The van der Waals surface area contributed by atoms with Gasteiger partial charge in [-0.25, -0.2) is 19.7 Å². The Bertz CT molecular complexity index is 2700. The number of aryl methyl sites for hydroxylation is 1. The molecule has 0 aliphatic carbocycles. The number of phenols is 1. The number of aliphatic hydroxyl groups is 1. The molecule has 0 saturated carbocycles. The summed E-state index contributed by atoms with van der Waals surface area (Å²) >= 11 is 3.20. The van der Waals surface area contributed by atoms with Gasteiger partial charge in [0.1, 0.15) is 23.0 Å². The molecule has 2 aliphatic rings. The van der Waals surface area contributed by atoms with E-state index in [0.29, 0.717) is 41.7 Å². The molecule has 61 heavy (non-hydrogen) atoms. The fourth-order valence-electron chi connectivity index (χ4n) is 7.74. The quantitative estimate of drug-likeness (QED) is 0.129. The van der Waals surface area contributed by atoms with Gasteiger partial charge in [-0.3, -0.25) is 9.69 Å². The predicted octanol–water partition coefficient (Wildman–Crippen LogP) is 6.87. The number of benzene rings is 2. The number of rotatable bonds is 10. The molecule has 3 N–H and O–H groups in total. The van der Waals surface area contributed by atoms with Gasteiger partial charge in [-0.05, 0) is 57.0 Å². The molecule has 7 aromatic rings. The topological polar surface area (TPSA) is 190 Å². The normalized spacial score (nSPS) is 17.1. The van der Waals surface area contributed by atoms with Crippen LogP contribution in [-0.4, -0.2) is 102 Å². The molecule has 0 spiro atoms. The molecule has 0 unspecified atom stereocenters. The van der Waals surface area contributed by atoms with Gasteiger partial charge in [-0.15, -0.1) is 32.9 Å². The summed E-state index contributed by atoms with van der Waals surface area (Å²) in [6.45, 7) is 9.62. The minimum atomic E-state index is -0.884. The third kappa shape index (κ3) is 7.96. The van der Waals surface area contributed by atoms with Crippen LogP contribution in [0.2, 0.25) is 0 Å². The summed E-state index contributed by atoms with van der Waals surface area (Å²) in [6.07, 6.45) is 2.60. The summed E-state index contributed by atoms with van der Waals surface area (Å²) in [4.78, 5) is 49.8. The largest absolute Gasteiger partial charge is 0.507 e. The zero-order chi connectivity index (χ0) is 42.4. The number of nitrogens with zero attached hydrogens (tertiary/aromatic N) is 10. The predicted molar refractivity (Wildman–Crippen MR) is 235 cm³/mol. The first-order chi connectivity index (χ1) is 29.5. The molecule has 2 saturated heterocycles. The lowest BCUT2D eigenvalue weighted by Gasteiger charge is -2.32. The van der Waals surface area contributed by atoms with E-state index in [2.05, 4.69) is 45.4 Å². The number of hydrogen-bond acceptors (Lipinski definition) is 15. The number of nitrogens with one attached hydrogen (secondary N) is 1. The van der Waals surface area contributed by atoms with Crippen molar-refractivity contribution in [3.8, 4) is 38.7 Å². The summed E-state index contributed by atoms with van der Waals surface area (Å²) in [6, 6.07) is 18.7. The van der Waals surface area contributed by atoms with Crippen LogP contribution in [0.15, 0.2) is 89.2 Å². The molecule has 312 valence electrons. The van der Waals surface area contributed by atoms with Crippen LogP contribution in [0.4, 0.5) is 21.6 Å². The Morgan fingerprint density at radius 2 is 1.70 bits per heavy atom. The number of thiophene rings is 1. The van der Waals surface area contributed by atoms with Crippen molar-refractivity contribution in [2.24, 2.45) is 0 Å². The van der Waals surface area contributed by atoms with Gasteiger partial charge >= 0.3 is 6.03 Å². The van der Waals surface area contributed by atoms with E-state index in [0.717, 1.165) is 43.5 Å². The van der Waals surface area contributed by atoms with E-state index >= 15 is 0 Å². The van der Waals surface area contributed by atoms with Gasteiger partial charge in [0.15, 0.2) is 0 Å². The van der Waals surface area contributed by atoms with E-state index in [1.807, 2.05) is 81.7 Å². The van der Waals surface area contributed by atoms with Crippen LogP contribution in [-0.2, 0) is 4.79 Å². The van der Waals surface area contributed by atoms with Gasteiger partial charge in [-0.1, -0.05) is 41.6 Å². The van der Waals surface area contributed by atoms with E-state index in [1.54, 1.807) is 53.3 Å². The molecule has 3 amide bonds. The Hall–Kier alpha value is -6.50. The number of anilines is 3. The standard InChI is InChI=1S/C43H43N11O5S2/c1-24(2)54(43(58)53-21-30(55)15-35(53)41(57)47-25(3)27-9-11-28(12-10-27)40-26(4)46-22-60-40)38-17-32(50-59-38)29-19-44-42(45-20-29)52-14-13-51(23-52)39-18-34-37(61-39)16-33(48-49-34)31-7-5-6-8-36(31)56/h5-12,16-20,22,24-25,30,35,55-56H,13-15,21,23H2,1-4H3,(H,47,57)/t25-,30+,35-/m0/s1. The number of likely N-dealkylation sites (tertiary alicyclic amines) is 1. The van der Waals surface area contributed by atoms with Crippen LogP contribution in [0.3, 0.4) is 0 Å². The molecule has 2 aliphatic heterocycles. The highest BCUT2D eigenvalue weighted by molar-refractivity contribution is 7.22. The number of thiazole rings is 1. The van der Waals surface area contributed by atoms with Gasteiger partial charge in [0.2, 0.25) is 17.7 Å². The van der Waals surface area contributed by atoms with Crippen molar-refractivity contribution >= 4 is 61.7 Å². The third-order valence-electron chi connectivity index (χ3n) is 11.0. The molecule has 0 radical (unpaired) electrons. The number of para-hydroxylation sites is 1. The average Bonchev–Trinajstić information content (AvgIpc) is 4.12. The van der Waals surface area contributed by atoms with Crippen molar-refractivity contribution in [1.29, 1.82) is 0 Å². The summed E-state index contributed by atoms with van der Waals surface area (Å²) < 4.78 is 6.71. The van der Waals surface area contributed by atoms with Crippen LogP contribution in [0.5, 0.6) is 5.75 Å². The maximum atomic E-state index is 14.2. The SMILES string of the molecule is Cc1ncsc1-c1ccc([C@H](C)NC(=O)[C@@H]2C[C@@H](O)CN2C(=O)N(c2cc(-c3cnc(N4CCN(c5cc6nnc(-c7ccccc7O)cc6s5)C4)nc3)no2)C(C)C)cc1. The highest BCUT2D eigenvalue weighted by Crippen LogP contribution is 2.37. The molecule has 16 nitrogen and oxygen atoms in total. The van der Waals surface area contributed by atoms with E-state index in [9.17, 15) is 19.8 Å². The molecular weight excluding hydrogens is 815 g/mol. The number of phenolic OH excluding ortho intramolecular Hbond substituents is 1. The van der Waals surface area contributed by atoms with Crippen molar-refractivity contribution < 1.29 is 24.3 Å². The lowest BCUT2D eigenvalue weighted by atomic mass is 10.0. The first kappa shape index (κ1) is 39.9.